The summed E-state index contributed by atoms with van der Waals surface area (Å²) in [5.74, 6) is -0.562. The average molecular weight is 392 g/mol. The van der Waals surface area contributed by atoms with Crippen LogP contribution >= 0.6 is 0 Å². The number of hydrogen-bond acceptors (Lipinski definition) is 4. The highest BCUT2D eigenvalue weighted by Gasteiger charge is 2.36. The second kappa shape index (κ2) is 8.45. The van der Waals surface area contributed by atoms with E-state index < -0.39 is 0 Å². The Labute approximate surface area is 168 Å². The minimum atomic E-state index is -0.364. The highest BCUT2D eigenvalue weighted by Crippen LogP contribution is 2.35. The van der Waals surface area contributed by atoms with E-state index in [1.54, 1.807) is 18.6 Å². The molecule has 3 heterocycles. The number of nitrogens with one attached hydrogen (secondary N) is 1. The van der Waals surface area contributed by atoms with Crippen molar-refractivity contribution >= 4 is 11.6 Å². The highest BCUT2D eigenvalue weighted by atomic mass is 16.5. The summed E-state index contributed by atoms with van der Waals surface area (Å²) >= 11 is 0. The molecule has 1 saturated heterocycles. The first-order valence-corrected chi connectivity index (χ1v) is 9.83. The van der Waals surface area contributed by atoms with Gasteiger partial charge in [-0.15, -0.1) is 0 Å². The fourth-order valence-electron chi connectivity index (χ4n) is 3.61. The third-order valence-electron chi connectivity index (χ3n) is 5.20. The summed E-state index contributed by atoms with van der Waals surface area (Å²) in [7, 11) is 0. The lowest BCUT2D eigenvalue weighted by molar-refractivity contribution is -0.121. The summed E-state index contributed by atoms with van der Waals surface area (Å²) in [4.78, 5) is 25.0. The van der Waals surface area contributed by atoms with Gasteiger partial charge in [0.1, 0.15) is 5.69 Å². The molecule has 2 atom stereocenters. The van der Waals surface area contributed by atoms with Gasteiger partial charge in [0.05, 0.1) is 24.8 Å². The maximum Gasteiger partial charge on any atom is 0.230 e. The summed E-state index contributed by atoms with van der Waals surface area (Å²) in [5.41, 5.74) is 2.12. The molecule has 0 bridgehead atoms. The van der Waals surface area contributed by atoms with E-state index in [2.05, 4.69) is 10.4 Å². The van der Waals surface area contributed by atoms with Gasteiger partial charge < -0.3 is 14.6 Å². The fraction of sp³-hybridized carbons (Fsp3) is 0.318. The summed E-state index contributed by atoms with van der Waals surface area (Å²) in [6.45, 7) is 3.86. The van der Waals surface area contributed by atoms with Crippen LogP contribution in [0, 0.1) is 5.92 Å². The molecule has 1 N–H and O–H groups in total. The predicted molar refractivity (Wildman–Crippen MR) is 110 cm³/mol. The SMILES string of the molecule is CCn1ccc(=O)c(NC(=O)[C@H]2CCO[C@@H]2c2cnn(Cc3ccccc3)c2)c1. The van der Waals surface area contributed by atoms with Gasteiger partial charge in [-0.05, 0) is 18.9 Å². The lowest BCUT2D eigenvalue weighted by Crippen LogP contribution is -2.28. The van der Waals surface area contributed by atoms with Crippen LogP contribution in [0.2, 0.25) is 0 Å². The molecule has 0 spiro atoms. The lowest BCUT2D eigenvalue weighted by Gasteiger charge is -2.17. The van der Waals surface area contributed by atoms with Crippen LogP contribution in [0.4, 0.5) is 5.69 Å². The molecule has 1 fully saturated rings. The number of carbonyl (C=O) groups excluding carboxylic acids is 1. The Hall–Kier alpha value is -3.19. The van der Waals surface area contributed by atoms with Gasteiger partial charge >= 0.3 is 0 Å². The number of aryl methyl sites for hydroxylation is 1. The highest BCUT2D eigenvalue weighted by molar-refractivity contribution is 5.93. The summed E-state index contributed by atoms with van der Waals surface area (Å²) < 4.78 is 9.55. The summed E-state index contributed by atoms with van der Waals surface area (Å²) in [6, 6.07) is 11.5. The number of benzene rings is 1. The second-order valence-electron chi connectivity index (χ2n) is 7.19. The molecule has 3 aromatic rings. The second-order valence-corrected chi connectivity index (χ2v) is 7.19. The van der Waals surface area contributed by atoms with Crippen LogP contribution in [-0.2, 0) is 22.6 Å². The molecule has 1 aromatic carbocycles. The third-order valence-corrected chi connectivity index (χ3v) is 5.20. The molecule has 1 amide bonds. The molecule has 1 aliphatic heterocycles. The molecule has 7 heteroatoms. The van der Waals surface area contributed by atoms with Crippen LogP contribution in [0.3, 0.4) is 0 Å². The molecule has 0 saturated carbocycles. The zero-order valence-corrected chi connectivity index (χ0v) is 16.3. The molecular formula is C22H24N4O3. The van der Waals surface area contributed by atoms with E-state index in [4.69, 9.17) is 4.74 Å². The van der Waals surface area contributed by atoms with Gasteiger partial charge in [-0.25, -0.2) is 0 Å². The molecule has 7 nitrogen and oxygen atoms in total. The lowest BCUT2D eigenvalue weighted by atomic mass is 9.96. The maximum absolute atomic E-state index is 12.9. The van der Waals surface area contributed by atoms with Crippen molar-refractivity contribution in [2.24, 2.45) is 5.92 Å². The van der Waals surface area contributed by atoms with Crippen LogP contribution in [0.5, 0.6) is 0 Å². The predicted octanol–water partition coefficient (Wildman–Crippen LogP) is 2.83. The van der Waals surface area contributed by atoms with Crippen molar-refractivity contribution in [1.82, 2.24) is 14.3 Å². The number of aromatic nitrogens is 3. The molecule has 1 aliphatic rings. The largest absolute Gasteiger partial charge is 0.373 e. The zero-order valence-electron chi connectivity index (χ0n) is 16.3. The monoisotopic (exact) mass is 392 g/mol. The Bertz CT molecular complexity index is 1040. The Kier molecular flexibility index (Phi) is 5.57. The number of carbonyl (C=O) groups is 1. The first-order chi connectivity index (χ1) is 14.1. The van der Waals surface area contributed by atoms with Crippen molar-refractivity contribution in [2.45, 2.75) is 32.5 Å². The number of nitrogens with zero attached hydrogens (tertiary/aromatic N) is 3. The Morgan fingerprint density at radius 3 is 2.86 bits per heavy atom. The summed E-state index contributed by atoms with van der Waals surface area (Å²) in [6.07, 6.45) is 7.30. The van der Waals surface area contributed by atoms with Gasteiger partial charge in [0.25, 0.3) is 0 Å². The molecule has 150 valence electrons. The van der Waals surface area contributed by atoms with Gasteiger partial charge in [-0.3, -0.25) is 14.3 Å². The topological polar surface area (TPSA) is 78.2 Å². The van der Waals surface area contributed by atoms with Gasteiger partial charge in [0.2, 0.25) is 11.3 Å². The van der Waals surface area contributed by atoms with E-state index in [1.807, 2.05) is 52.7 Å². The normalized spacial score (nSPS) is 18.7. The first-order valence-electron chi connectivity index (χ1n) is 9.83. The fourth-order valence-corrected chi connectivity index (χ4v) is 3.61. The van der Waals surface area contributed by atoms with E-state index in [0.717, 1.165) is 17.7 Å². The van der Waals surface area contributed by atoms with Crippen molar-refractivity contribution < 1.29 is 9.53 Å². The first kappa shape index (κ1) is 19.1. The van der Waals surface area contributed by atoms with Crippen molar-refractivity contribution in [2.75, 3.05) is 11.9 Å². The van der Waals surface area contributed by atoms with E-state index in [1.165, 1.54) is 6.07 Å². The van der Waals surface area contributed by atoms with E-state index in [9.17, 15) is 9.59 Å². The number of amides is 1. The molecule has 0 unspecified atom stereocenters. The van der Waals surface area contributed by atoms with Gasteiger partial charge in [0, 0.05) is 43.4 Å². The van der Waals surface area contributed by atoms with Gasteiger partial charge in [-0.1, -0.05) is 30.3 Å². The molecule has 0 radical (unpaired) electrons. The van der Waals surface area contributed by atoms with Crippen molar-refractivity contribution in [3.05, 3.63) is 82.5 Å². The number of hydrogen-bond donors (Lipinski definition) is 1. The van der Waals surface area contributed by atoms with E-state index in [0.29, 0.717) is 25.3 Å². The Morgan fingerprint density at radius 2 is 2.07 bits per heavy atom. The molecular weight excluding hydrogens is 368 g/mol. The van der Waals surface area contributed by atoms with E-state index >= 15 is 0 Å². The Balaban J connectivity index is 1.48. The van der Waals surface area contributed by atoms with Crippen molar-refractivity contribution in [3.8, 4) is 0 Å². The zero-order chi connectivity index (χ0) is 20.2. The number of anilines is 1. The smallest absolute Gasteiger partial charge is 0.230 e. The van der Waals surface area contributed by atoms with Crippen LogP contribution in [-0.4, -0.2) is 26.9 Å². The number of rotatable bonds is 6. The molecule has 29 heavy (non-hydrogen) atoms. The average Bonchev–Trinajstić information content (AvgIpc) is 3.40. The van der Waals surface area contributed by atoms with Crippen LogP contribution < -0.4 is 10.7 Å². The van der Waals surface area contributed by atoms with Crippen LogP contribution in [0.25, 0.3) is 0 Å². The van der Waals surface area contributed by atoms with Crippen molar-refractivity contribution in [1.29, 1.82) is 0 Å². The summed E-state index contributed by atoms with van der Waals surface area (Å²) in [5, 5.41) is 7.22. The molecule has 0 aliphatic carbocycles. The number of pyridine rings is 1. The van der Waals surface area contributed by atoms with Crippen molar-refractivity contribution in [3.63, 3.8) is 0 Å². The van der Waals surface area contributed by atoms with Gasteiger partial charge in [-0.2, -0.15) is 5.10 Å². The minimum absolute atomic E-state index is 0.200. The van der Waals surface area contributed by atoms with Gasteiger partial charge in [0.15, 0.2) is 0 Å². The number of ether oxygens (including phenoxy) is 1. The quantitative estimate of drug-likeness (QED) is 0.700. The third kappa shape index (κ3) is 4.30. The van der Waals surface area contributed by atoms with Crippen LogP contribution in [0.15, 0.2) is 66.0 Å². The minimum Gasteiger partial charge on any atom is -0.373 e. The molecule has 4 rings (SSSR count). The maximum atomic E-state index is 12.9. The Morgan fingerprint density at radius 1 is 1.24 bits per heavy atom. The standard InChI is InChI=1S/C22H24N4O3/c1-2-25-10-8-20(27)19(15-25)24-22(28)18-9-11-29-21(18)17-12-23-26(14-17)13-16-6-4-3-5-7-16/h3-8,10,12,14-15,18,21H,2,9,11,13H2,1H3,(H,24,28)/t18-,21+/m0/s1. The molecule has 2 aromatic heterocycles. The van der Waals surface area contributed by atoms with Crippen LogP contribution in [0.1, 0.15) is 30.6 Å². The van der Waals surface area contributed by atoms with E-state index in [-0.39, 0.29) is 23.4 Å².